The van der Waals surface area contributed by atoms with Gasteiger partial charge < -0.3 is 9.84 Å². The van der Waals surface area contributed by atoms with Gasteiger partial charge in [0.05, 0.1) is 11.9 Å². The van der Waals surface area contributed by atoms with Crippen LogP contribution in [0.1, 0.15) is 18.7 Å². The van der Waals surface area contributed by atoms with Gasteiger partial charge in [0, 0.05) is 18.3 Å². The van der Waals surface area contributed by atoms with E-state index in [1.54, 1.807) is 0 Å². The molecule has 3 unspecified atom stereocenters. The third-order valence-corrected chi connectivity index (χ3v) is 3.47. The molecule has 4 nitrogen and oxygen atoms in total. The second-order valence-corrected chi connectivity index (χ2v) is 5.23. The molecule has 0 aliphatic heterocycles. The zero-order valence-electron chi connectivity index (χ0n) is 12.5. The fraction of sp³-hybridized carbons (Fsp3) is 0.400. The van der Waals surface area contributed by atoms with Crippen molar-refractivity contribution in [2.75, 3.05) is 0 Å². The van der Waals surface area contributed by atoms with Gasteiger partial charge in [0.15, 0.2) is 0 Å². The van der Waals surface area contributed by atoms with E-state index in [0.29, 0.717) is 0 Å². The van der Waals surface area contributed by atoms with Crippen LogP contribution >= 0.6 is 0 Å². The predicted molar refractivity (Wildman–Crippen MR) is 74.5 cm³/mol. The minimum Gasteiger partial charge on any atom is -0.467 e. The summed E-state index contributed by atoms with van der Waals surface area (Å²) in [4.78, 5) is 3.73. The van der Waals surface area contributed by atoms with Crippen molar-refractivity contribution in [2.24, 2.45) is 5.92 Å². The summed E-state index contributed by atoms with van der Waals surface area (Å²) in [6, 6.07) is 3.98. The Morgan fingerprint density at radius 3 is 2.50 bits per heavy atom. The second kappa shape index (κ2) is 7.16. The topological polar surface area (TPSA) is 47.3 Å². The maximum absolute atomic E-state index is 12.9. The van der Waals surface area contributed by atoms with Gasteiger partial charge in [-0.05, 0) is 18.2 Å². The smallest absolute Gasteiger partial charge is 0.416 e. The third kappa shape index (κ3) is 4.22. The molecular formula is C15H15F5N2O2. The summed E-state index contributed by atoms with van der Waals surface area (Å²) in [5.41, 5.74) is -0.944. The van der Waals surface area contributed by atoms with Gasteiger partial charge in [-0.1, -0.05) is 13.0 Å². The Bertz CT molecular complexity index is 646. The molecule has 0 aliphatic rings. The van der Waals surface area contributed by atoms with Crippen LogP contribution < -0.4 is 4.74 Å². The molecule has 0 saturated heterocycles. The van der Waals surface area contributed by atoms with Crippen molar-refractivity contribution < 1.29 is 31.8 Å². The highest BCUT2D eigenvalue weighted by atomic mass is 19.4. The molecule has 1 aromatic heterocycles. The summed E-state index contributed by atoms with van der Waals surface area (Å²) in [6.45, 7) is 1.12. The van der Waals surface area contributed by atoms with E-state index in [4.69, 9.17) is 4.74 Å². The van der Waals surface area contributed by atoms with E-state index in [1.165, 1.54) is 29.4 Å². The van der Waals surface area contributed by atoms with Gasteiger partial charge in [0.2, 0.25) is 12.7 Å². The number of ether oxygens (including phenoxy) is 1. The highest BCUT2D eigenvalue weighted by molar-refractivity contribution is 5.30. The number of imidazole rings is 1. The van der Waals surface area contributed by atoms with Gasteiger partial charge >= 0.3 is 6.18 Å². The molecule has 0 amide bonds. The maximum atomic E-state index is 12.9. The largest absolute Gasteiger partial charge is 0.467 e. The first kappa shape index (κ1) is 18.2. The van der Waals surface area contributed by atoms with Crippen molar-refractivity contribution in [3.63, 3.8) is 0 Å². The molecule has 0 saturated carbocycles. The lowest BCUT2D eigenvalue weighted by Crippen LogP contribution is -2.36. The Hall–Kier alpha value is -2.16. The lowest BCUT2D eigenvalue weighted by atomic mass is 10.0. The Kier molecular flexibility index (Phi) is 5.43. The van der Waals surface area contributed by atoms with Crippen LogP contribution in [0.5, 0.6) is 5.75 Å². The monoisotopic (exact) mass is 350 g/mol. The van der Waals surface area contributed by atoms with Crippen molar-refractivity contribution in [3.05, 3.63) is 48.5 Å². The molecule has 9 heteroatoms. The molecule has 0 bridgehead atoms. The molecule has 2 rings (SSSR count). The Balaban J connectivity index is 2.30. The van der Waals surface area contributed by atoms with Crippen LogP contribution in [0.25, 0.3) is 0 Å². The van der Waals surface area contributed by atoms with Crippen molar-refractivity contribution >= 4 is 0 Å². The van der Waals surface area contributed by atoms with E-state index in [1.807, 2.05) is 0 Å². The average Bonchev–Trinajstić information content (AvgIpc) is 3.04. The molecule has 1 aromatic carbocycles. The predicted octanol–water partition coefficient (Wildman–Crippen LogP) is 3.74. The second-order valence-electron chi connectivity index (χ2n) is 5.23. The molecule has 1 N–H and O–H groups in total. The maximum Gasteiger partial charge on any atom is 0.416 e. The number of nitrogens with zero attached hydrogens (tertiary/aromatic N) is 2. The number of halogens is 5. The molecule has 0 spiro atoms. The summed E-state index contributed by atoms with van der Waals surface area (Å²) >= 11 is 0. The van der Waals surface area contributed by atoms with Crippen molar-refractivity contribution in [1.82, 2.24) is 9.55 Å². The first-order chi connectivity index (χ1) is 11.2. The van der Waals surface area contributed by atoms with E-state index in [9.17, 15) is 27.1 Å². The SMILES string of the molecule is CC(C(F)F)C(O)C(Oc1cccc(C(F)(F)F)c1)n1ccnc1. The average molecular weight is 350 g/mol. The van der Waals surface area contributed by atoms with E-state index < -0.39 is 36.4 Å². The van der Waals surface area contributed by atoms with Gasteiger partial charge in [-0.25, -0.2) is 13.8 Å². The molecule has 0 radical (unpaired) electrons. The molecule has 0 aliphatic carbocycles. The van der Waals surface area contributed by atoms with Crippen LogP contribution in [-0.2, 0) is 6.18 Å². The first-order valence-electron chi connectivity index (χ1n) is 6.97. The van der Waals surface area contributed by atoms with E-state index >= 15 is 0 Å². The number of aliphatic hydroxyl groups excluding tert-OH is 1. The highest BCUT2D eigenvalue weighted by Gasteiger charge is 2.34. The van der Waals surface area contributed by atoms with Crippen LogP contribution in [0.3, 0.4) is 0 Å². The molecule has 24 heavy (non-hydrogen) atoms. The van der Waals surface area contributed by atoms with Gasteiger partial charge in [-0.15, -0.1) is 0 Å². The zero-order valence-corrected chi connectivity index (χ0v) is 12.5. The number of alkyl halides is 5. The summed E-state index contributed by atoms with van der Waals surface area (Å²) < 4.78 is 70.5. The lowest BCUT2D eigenvalue weighted by molar-refractivity contribution is -0.137. The third-order valence-electron chi connectivity index (χ3n) is 3.47. The van der Waals surface area contributed by atoms with Gasteiger partial charge in [0.1, 0.15) is 11.9 Å². The molecular weight excluding hydrogens is 335 g/mol. The molecule has 1 heterocycles. The van der Waals surface area contributed by atoms with Gasteiger partial charge in [-0.2, -0.15) is 13.2 Å². The molecule has 2 aromatic rings. The van der Waals surface area contributed by atoms with Crippen molar-refractivity contribution in [1.29, 1.82) is 0 Å². The van der Waals surface area contributed by atoms with Crippen LogP contribution in [0.4, 0.5) is 22.0 Å². The van der Waals surface area contributed by atoms with E-state index in [2.05, 4.69) is 4.98 Å². The Morgan fingerprint density at radius 1 is 1.25 bits per heavy atom. The van der Waals surface area contributed by atoms with Gasteiger partial charge in [0.25, 0.3) is 0 Å². The lowest BCUT2D eigenvalue weighted by Gasteiger charge is -2.29. The molecule has 132 valence electrons. The minimum atomic E-state index is -4.57. The van der Waals surface area contributed by atoms with Crippen LogP contribution in [-0.4, -0.2) is 27.2 Å². The normalized spacial score (nSPS) is 16.0. The Labute approximate surface area is 134 Å². The fourth-order valence-electron chi connectivity index (χ4n) is 2.02. The Morgan fingerprint density at radius 2 is 1.96 bits per heavy atom. The van der Waals surface area contributed by atoms with Crippen LogP contribution in [0.15, 0.2) is 43.0 Å². The number of hydrogen-bond acceptors (Lipinski definition) is 3. The summed E-state index contributed by atoms with van der Waals surface area (Å²) in [5, 5.41) is 10.1. The number of aliphatic hydroxyl groups is 1. The van der Waals surface area contributed by atoms with E-state index in [-0.39, 0.29) is 5.75 Å². The minimum absolute atomic E-state index is 0.205. The highest BCUT2D eigenvalue weighted by Crippen LogP contribution is 2.33. The summed E-state index contributed by atoms with van der Waals surface area (Å²) in [7, 11) is 0. The van der Waals surface area contributed by atoms with Crippen molar-refractivity contribution in [2.45, 2.75) is 31.9 Å². The molecule has 0 fully saturated rings. The fourth-order valence-corrected chi connectivity index (χ4v) is 2.02. The van der Waals surface area contributed by atoms with Crippen LogP contribution in [0.2, 0.25) is 0 Å². The summed E-state index contributed by atoms with van der Waals surface area (Å²) in [5.74, 6) is -1.66. The number of hydrogen-bond donors (Lipinski definition) is 1. The number of rotatable bonds is 6. The summed E-state index contributed by atoms with van der Waals surface area (Å²) in [6.07, 6.45) is -6.48. The van der Waals surface area contributed by atoms with E-state index in [0.717, 1.165) is 25.1 Å². The van der Waals surface area contributed by atoms with Crippen LogP contribution in [0, 0.1) is 5.92 Å². The first-order valence-corrected chi connectivity index (χ1v) is 6.97. The standard InChI is InChI=1S/C15H15F5N2O2/c1-9(13(16)17)12(23)14(22-6-5-21-8-22)24-11-4-2-3-10(7-11)15(18,19)20/h2-9,12-14,23H,1H3. The van der Waals surface area contributed by atoms with Crippen molar-refractivity contribution in [3.8, 4) is 5.75 Å². The number of benzene rings is 1. The number of aromatic nitrogens is 2. The van der Waals surface area contributed by atoms with Gasteiger partial charge in [-0.3, -0.25) is 4.57 Å². The zero-order chi connectivity index (χ0) is 17.9. The quantitative estimate of drug-likeness (QED) is 0.808. The molecule has 3 atom stereocenters.